The average Bonchev–Trinajstić information content (AvgIpc) is 2.48. The second-order valence-electron chi connectivity index (χ2n) is 4.84. The molecule has 3 rings (SSSR count). The fraction of sp³-hybridized carbons (Fsp3) is 0.125. The van der Waals surface area contributed by atoms with E-state index < -0.39 is 6.10 Å². The number of hydrogen-bond acceptors (Lipinski definition) is 4. The lowest BCUT2D eigenvalue weighted by Crippen LogP contribution is -2.07. The summed E-state index contributed by atoms with van der Waals surface area (Å²) in [5.41, 5.74) is 8.19. The lowest BCUT2D eigenvalue weighted by atomic mass is 9.98. The summed E-state index contributed by atoms with van der Waals surface area (Å²) >= 11 is 0. The maximum Gasteiger partial charge on any atom is 0.129 e. The Morgan fingerprint density at radius 2 is 1.90 bits per heavy atom. The summed E-state index contributed by atoms with van der Waals surface area (Å²) in [5.74, 6) is 0.344. The van der Waals surface area contributed by atoms with Crippen LogP contribution in [0.5, 0.6) is 0 Å². The van der Waals surface area contributed by atoms with Gasteiger partial charge in [-0.3, -0.25) is 4.98 Å². The van der Waals surface area contributed by atoms with Crippen LogP contribution in [0.3, 0.4) is 0 Å². The number of rotatable bonds is 2. The molecule has 2 heterocycles. The van der Waals surface area contributed by atoms with Crippen molar-refractivity contribution < 1.29 is 5.11 Å². The van der Waals surface area contributed by atoms with Gasteiger partial charge >= 0.3 is 0 Å². The van der Waals surface area contributed by atoms with Gasteiger partial charge in [0.05, 0.1) is 0 Å². The number of aryl methyl sites for hydroxylation is 1. The van der Waals surface area contributed by atoms with Gasteiger partial charge in [0.2, 0.25) is 0 Å². The summed E-state index contributed by atoms with van der Waals surface area (Å²) in [5, 5.41) is 12.6. The Hall–Kier alpha value is -2.46. The van der Waals surface area contributed by atoms with Crippen LogP contribution in [0.25, 0.3) is 10.8 Å². The van der Waals surface area contributed by atoms with Gasteiger partial charge in [0.15, 0.2) is 0 Å². The van der Waals surface area contributed by atoms with E-state index in [1.807, 2.05) is 37.3 Å². The van der Waals surface area contributed by atoms with Gasteiger partial charge in [-0.15, -0.1) is 0 Å². The molecule has 3 N–H and O–H groups in total. The van der Waals surface area contributed by atoms with Crippen LogP contribution in [0.1, 0.15) is 22.8 Å². The van der Waals surface area contributed by atoms with Crippen LogP contribution in [-0.4, -0.2) is 15.1 Å². The fourth-order valence-corrected chi connectivity index (χ4v) is 2.35. The topological polar surface area (TPSA) is 72.0 Å². The predicted octanol–water partition coefficient (Wildman–Crippen LogP) is 2.60. The van der Waals surface area contributed by atoms with Crippen molar-refractivity contribution >= 4 is 16.6 Å². The van der Waals surface area contributed by atoms with E-state index >= 15 is 0 Å². The number of nitrogen functional groups attached to an aromatic ring is 1. The number of nitrogens with two attached hydrogens (primary N) is 1. The third-order valence-electron chi connectivity index (χ3n) is 3.37. The Morgan fingerprint density at radius 1 is 1.10 bits per heavy atom. The maximum atomic E-state index is 10.6. The fourth-order valence-electron chi connectivity index (χ4n) is 2.35. The Balaban J connectivity index is 2.17. The van der Waals surface area contributed by atoms with Gasteiger partial charge in [0, 0.05) is 35.1 Å². The summed E-state index contributed by atoms with van der Waals surface area (Å²) in [6.45, 7) is 1.92. The Kier molecular flexibility index (Phi) is 3.08. The molecule has 0 radical (unpaired) electrons. The van der Waals surface area contributed by atoms with Crippen LogP contribution in [-0.2, 0) is 0 Å². The normalized spacial score (nSPS) is 12.5. The summed E-state index contributed by atoms with van der Waals surface area (Å²) in [6.07, 6.45) is 4.31. The molecule has 0 aliphatic heterocycles. The zero-order valence-electron chi connectivity index (χ0n) is 11.1. The molecule has 0 spiro atoms. The minimum absolute atomic E-state index is 0.344. The lowest BCUT2D eigenvalue weighted by Gasteiger charge is -2.15. The molecule has 1 aromatic carbocycles. The van der Waals surface area contributed by atoms with Crippen molar-refractivity contribution in [1.29, 1.82) is 0 Å². The number of hydrogen-bond donors (Lipinski definition) is 2. The molecule has 0 saturated heterocycles. The van der Waals surface area contributed by atoms with E-state index in [0.29, 0.717) is 11.4 Å². The van der Waals surface area contributed by atoms with E-state index in [1.165, 1.54) is 0 Å². The van der Waals surface area contributed by atoms with E-state index in [1.54, 1.807) is 18.6 Å². The lowest BCUT2D eigenvalue weighted by molar-refractivity contribution is 0.222. The zero-order chi connectivity index (χ0) is 14.1. The molecule has 0 bridgehead atoms. The van der Waals surface area contributed by atoms with E-state index in [9.17, 15) is 5.11 Å². The molecule has 4 heteroatoms. The SMILES string of the molecule is Cc1cnc(N)c(C(O)c2cncc3ccccc23)c1. The molecule has 1 unspecified atom stereocenters. The number of aliphatic hydroxyl groups excluding tert-OH is 1. The quantitative estimate of drug-likeness (QED) is 0.747. The van der Waals surface area contributed by atoms with Gasteiger partial charge in [-0.1, -0.05) is 24.3 Å². The average molecular weight is 265 g/mol. The van der Waals surface area contributed by atoms with E-state index in [2.05, 4.69) is 9.97 Å². The molecule has 1 atom stereocenters. The van der Waals surface area contributed by atoms with Crippen LogP contribution in [0.15, 0.2) is 48.9 Å². The third kappa shape index (κ3) is 2.10. The molecule has 0 amide bonds. The summed E-state index contributed by atoms with van der Waals surface area (Å²) < 4.78 is 0. The number of benzene rings is 1. The molecule has 4 nitrogen and oxygen atoms in total. The first-order chi connectivity index (χ1) is 9.66. The standard InChI is InChI=1S/C16H15N3O/c1-10-6-13(16(17)19-7-10)15(20)14-9-18-8-11-4-2-3-5-12(11)14/h2-9,15,20H,1H3,(H2,17,19). The van der Waals surface area contributed by atoms with E-state index in [0.717, 1.165) is 21.9 Å². The molecule has 100 valence electrons. The van der Waals surface area contributed by atoms with Crippen molar-refractivity contribution in [3.63, 3.8) is 0 Å². The molecule has 0 saturated carbocycles. The first kappa shape index (κ1) is 12.6. The van der Waals surface area contributed by atoms with Crippen molar-refractivity contribution in [1.82, 2.24) is 9.97 Å². The number of aliphatic hydroxyl groups is 1. The molecular weight excluding hydrogens is 250 g/mol. The first-order valence-corrected chi connectivity index (χ1v) is 6.39. The molecular formula is C16H15N3O. The van der Waals surface area contributed by atoms with Gasteiger partial charge in [-0.05, 0) is 23.9 Å². The second-order valence-corrected chi connectivity index (χ2v) is 4.84. The van der Waals surface area contributed by atoms with Crippen LogP contribution in [0.2, 0.25) is 0 Å². The molecule has 0 aliphatic carbocycles. The third-order valence-corrected chi connectivity index (χ3v) is 3.37. The summed E-state index contributed by atoms with van der Waals surface area (Å²) in [4.78, 5) is 8.29. The minimum atomic E-state index is -0.832. The van der Waals surface area contributed by atoms with Crippen molar-refractivity contribution in [2.75, 3.05) is 5.73 Å². The first-order valence-electron chi connectivity index (χ1n) is 6.39. The monoisotopic (exact) mass is 265 g/mol. The highest BCUT2D eigenvalue weighted by atomic mass is 16.3. The number of nitrogens with zero attached hydrogens (tertiary/aromatic N) is 2. The highest BCUT2D eigenvalue weighted by Crippen LogP contribution is 2.30. The molecule has 2 aromatic heterocycles. The molecule has 20 heavy (non-hydrogen) atoms. The molecule has 0 aliphatic rings. The van der Waals surface area contributed by atoms with Crippen molar-refractivity contribution in [2.24, 2.45) is 0 Å². The smallest absolute Gasteiger partial charge is 0.129 e. The van der Waals surface area contributed by atoms with Gasteiger partial charge in [0.25, 0.3) is 0 Å². The van der Waals surface area contributed by atoms with Crippen LogP contribution in [0.4, 0.5) is 5.82 Å². The van der Waals surface area contributed by atoms with Crippen molar-refractivity contribution in [3.8, 4) is 0 Å². The number of pyridine rings is 2. The largest absolute Gasteiger partial charge is 0.383 e. The Labute approximate surface area is 116 Å². The Bertz CT molecular complexity index is 765. The van der Waals surface area contributed by atoms with Gasteiger partial charge in [-0.25, -0.2) is 4.98 Å². The molecule has 3 aromatic rings. The van der Waals surface area contributed by atoms with Crippen molar-refractivity contribution in [3.05, 3.63) is 65.6 Å². The van der Waals surface area contributed by atoms with E-state index in [4.69, 9.17) is 5.73 Å². The van der Waals surface area contributed by atoms with Gasteiger partial charge in [-0.2, -0.15) is 0 Å². The van der Waals surface area contributed by atoms with Crippen molar-refractivity contribution in [2.45, 2.75) is 13.0 Å². The van der Waals surface area contributed by atoms with E-state index in [-0.39, 0.29) is 0 Å². The molecule has 0 fully saturated rings. The second kappa shape index (κ2) is 4.90. The van der Waals surface area contributed by atoms with Crippen LogP contribution >= 0.6 is 0 Å². The number of aromatic nitrogens is 2. The number of anilines is 1. The predicted molar refractivity (Wildman–Crippen MR) is 79.2 cm³/mol. The Morgan fingerprint density at radius 3 is 2.75 bits per heavy atom. The summed E-state index contributed by atoms with van der Waals surface area (Å²) in [7, 11) is 0. The maximum absolute atomic E-state index is 10.6. The highest BCUT2D eigenvalue weighted by molar-refractivity contribution is 5.85. The van der Waals surface area contributed by atoms with Gasteiger partial charge in [0.1, 0.15) is 11.9 Å². The van der Waals surface area contributed by atoms with Gasteiger partial charge < -0.3 is 10.8 Å². The minimum Gasteiger partial charge on any atom is -0.383 e. The number of fused-ring (bicyclic) bond motifs is 1. The van der Waals surface area contributed by atoms with Crippen LogP contribution < -0.4 is 5.73 Å². The highest BCUT2D eigenvalue weighted by Gasteiger charge is 2.17. The summed E-state index contributed by atoms with van der Waals surface area (Å²) in [6, 6.07) is 9.68. The van der Waals surface area contributed by atoms with Crippen LogP contribution in [0, 0.1) is 6.92 Å². The zero-order valence-corrected chi connectivity index (χ0v) is 11.1.